The van der Waals surface area contributed by atoms with Gasteiger partial charge in [-0.05, 0) is 31.5 Å². The fourth-order valence-electron chi connectivity index (χ4n) is 3.52. The Kier molecular flexibility index (Phi) is 7.20. The molecule has 148 valence electrons. The van der Waals surface area contributed by atoms with Crippen LogP contribution in [0, 0.1) is 0 Å². The Hall–Kier alpha value is -2.66. The van der Waals surface area contributed by atoms with Gasteiger partial charge in [0.1, 0.15) is 5.69 Å². The van der Waals surface area contributed by atoms with Crippen LogP contribution in [0.2, 0.25) is 0 Å². The number of benzene rings is 1. The van der Waals surface area contributed by atoms with Gasteiger partial charge in [0.2, 0.25) is 0 Å². The Balaban J connectivity index is 1.52. The van der Waals surface area contributed by atoms with Crippen molar-refractivity contribution in [2.24, 2.45) is 0 Å². The Morgan fingerprint density at radius 2 is 1.79 bits per heavy atom. The highest BCUT2D eigenvalue weighted by molar-refractivity contribution is 5.93. The van der Waals surface area contributed by atoms with Crippen molar-refractivity contribution in [1.29, 1.82) is 0 Å². The summed E-state index contributed by atoms with van der Waals surface area (Å²) in [7, 11) is 0. The zero-order chi connectivity index (χ0) is 19.8. The molecular weight excluding hydrogens is 348 g/mol. The van der Waals surface area contributed by atoms with Crippen molar-refractivity contribution in [2.75, 3.05) is 50.7 Å². The minimum Gasteiger partial charge on any atom is -0.372 e. The van der Waals surface area contributed by atoms with E-state index in [2.05, 4.69) is 52.9 Å². The summed E-state index contributed by atoms with van der Waals surface area (Å²) in [4.78, 5) is 23.7. The molecule has 2 aromatic rings. The third-order valence-electron chi connectivity index (χ3n) is 5.22. The third-order valence-corrected chi connectivity index (χ3v) is 5.22. The number of carbonyl (C=O) groups is 1. The highest BCUT2D eigenvalue weighted by Gasteiger charge is 2.22. The monoisotopic (exact) mass is 378 g/mol. The van der Waals surface area contributed by atoms with E-state index < -0.39 is 0 Å². The average Bonchev–Trinajstić information content (AvgIpc) is 2.76. The first kappa shape index (κ1) is 20.1. The fourth-order valence-corrected chi connectivity index (χ4v) is 3.52. The van der Waals surface area contributed by atoms with Crippen molar-refractivity contribution >= 4 is 17.7 Å². The molecule has 0 bridgehead atoms. The minimum absolute atomic E-state index is 0.0356. The van der Waals surface area contributed by atoms with Crippen LogP contribution in [0.25, 0.3) is 6.08 Å². The lowest BCUT2D eigenvalue weighted by atomic mass is 10.2. The normalized spacial score (nSPS) is 15.1. The predicted molar refractivity (Wildman–Crippen MR) is 116 cm³/mol. The van der Waals surface area contributed by atoms with E-state index in [4.69, 9.17) is 0 Å². The minimum atomic E-state index is 0.0356. The zero-order valence-corrected chi connectivity index (χ0v) is 16.9. The molecule has 0 spiro atoms. The highest BCUT2D eigenvalue weighted by atomic mass is 16.2. The zero-order valence-electron chi connectivity index (χ0n) is 16.9. The van der Waals surface area contributed by atoms with Crippen LogP contribution in [-0.4, -0.2) is 66.5 Å². The number of piperazine rings is 1. The van der Waals surface area contributed by atoms with E-state index in [1.165, 1.54) is 5.56 Å². The first-order valence-electron chi connectivity index (χ1n) is 10.2. The summed E-state index contributed by atoms with van der Waals surface area (Å²) in [6.07, 6.45) is 6.09. The molecule has 1 saturated heterocycles. The molecule has 1 aliphatic rings. The second kappa shape index (κ2) is 10.0. The van der Waals surface area contributed by atoms with Crippen LogP contribution in [0.15, 0.2) is 54.7 Å². The summed E-state index contributed by atoms with van der Waals surface area (Å²) in [5.41, 5.74) is 2.82. The van der Waals surface area contributed by atoms with Gasteiger partial charge in [0, 0.05) is 57.7 Å². The Morgan fingerprint density at radius 3 is 2.46 bits per heavy atom. The molecule has 1 amide bonds. The van der Waals surface area contributed by atoms with Gasteiger partial charge in [0.15, 0.2) is 0 Å². The van der Waals surface area contributed by atoms with Crippen molar-refractivity contribution in [1.82, 2.24) is 14.8 Å². The second-order valence-corrected chi connectivity index (χ2v) is 6.98. The number of aromatic nitrogens is 1. The van der Waals surface area contributed by atoms with Crippen LogP contribution in [-0.2, 0) is 0 Å². The number of hydrogen-bond acceptors (Lipinski definition) is 4. The van der Waals surface area contributed by atoms with Crippen molar-refractivity contribution in [2.45, 2.75) is 13.8 Å². The molecule has 28 heavy (non-hydrogen) atoms. The maximum absolute atomic E-state index is 12.9. The van der Waals surface area contributed by atoms with E-state index in [1.807, 2.05) is 35.2 Å². The topological polar surface area (TPSA) is 39.7 Å². The van der Waals surface area contributed by atoms with Gasteiger partial charge < -0.3 is 9.80 Å². The second-order valence-electron chi connectivity index (χ2n) is 6.98. The van der Waals surface area contributed by atoms with Gasteiger partial charge >= 0.3 is 0 Å². The smallest absolute Gasteiger partial charge is 0.272 e. The van der Waals surface area contributed by atoms with Gasteiger partial charge in [0.05, 0.1) is 0 Å². The van der Waals surface area contributed by atoms with Gasteiger partial charge in [-0.1, -0.05) is 42.5 Å². The molecule has 0 unspecified atom stereocenters. The van der Waals surface area contributed by atoms with E-state index in [-0.39, 0.29) is 5.91 Å². The molecule has 5 nitrogen and oxygen atoms in total. The highest BCUT2D eigenvalue weighted by Crippen LogP contribution is 2.16. The molecule has 0 N–H and O–H groups in total. The molecular formula is C23H30N4O. The third kappa shape index (κ3) is 5.20. The molecule has 1 aromatic heterocycles. The average molecular weight is 379 g/mol. The summed E-state index contributed by atoms with van der Waals surface area (Å²) in [5.74, 6) is 0.0356. The lowest BCUT2D eigenvalue weighted by Crippen LogP contribution is -2.48. The van der Waals surface area contributed by atoms with Gasteiger partial charge in [0.25, 0.3) is 5.91 Å². The molecule has 1 fully saturated rings. The number of anilines is 1. The first-order valence-corrected chi connectivity index (χ1v) is 10.2. The number of amides is 1. The van der Waals surface area contributed by atoms with Gasteiger partial charge in [-0.25, -0.2) is 0 Å². The summed E-state index contributed by atoms with van der Waals surface area (Å²) in [6.45, 7) is 10.3. The van der Waals surface area contributed by atoms with Crippen LogP contribution in [0.5, 0.6) is 0 Å². The molecule has 0 radical (unpaired) electrons. The van der Waals surface area contributed by atoms with E-state index in [9.17, 15) is 4.79 Å². The van der Waals surface area contributed by atoms with Crippen LogP contribution in [0.3, 0.4) is 0 Å². The van der Waals surface area contributed by atoms with Crippen molar-refractivity contribution in [3.63, 3.8) is 0 Å². The molecule has 1 aromatic carbocycles. The van der Waals surface area contributed by atoms with Crippen molar-refractivity contribution in [3.05, 3.63) is 66.0 Å². The number of hydrogen-bond donors (Lipinski definition) is 0. The summed E-state index contributed by atoms with van der Waals surface area (Å²) >= 11 is 0. The maximum Gasteiger partial charge on any atom is 0.272 e. The van der Waals surface area contributed by atoms with Crippen LogP contribution < -0.4 is 4.90 Å². The quantitative estimate of drug-likeness (QED) is 0.740. The van der Waals surface area contributed by atoms with E-state index in [1.54, 1.807) is 6.20 Å². The first-order chi connectivity index (χ1) is 13.7. The number of carbonyl (C=O) groups excluding carboxylic acids is 1. The van der Waals surface area contributed by atoms with Gasteiger partial charge in [-0.15, -0.1) is 0 Å². The standard InChI is InChI=1S/C23H30N4O/c1-3-26(4-2)21-12-13-24-22(19-21)23(28)27-17-15-25(16-18-27)14-8-11-20-9-6-5-7-10-20/h5-13,19H,3-4,14-18H2,1-2H3/b11-8+. The van der Waals surface area contributed by atoms with E-state index in [0.29, 0.717) is 5.69 Å². The molecule has 0 aliphatic carbocycles. The number of rotatable bonds is 7. The van der Waals surface area contributed by atoms with Crippen molar-refractivity contribution in [3.8, 4) is 0 Å². The number of pyridine rings is 1. The van der Waals surface area contributed by atoms with Gasteiger partial charge in [-0.2, -0.15) is 0 Å². The molecule has 5 heteroatoms. The Labute approximate surface area is 168 Å². The predicted octanol–water partition coefficient (Wildman–Crippen LogP) is 3.40. The maximum atomic E-state index is 12.9. The van der Waals surface area contributed by atoms with Gasteiger partial charge in [-0.3, -0.25) is 14.7 Å². The van der Waals surface area contributed by atoms with Crippen molar-refractivity contribution < 1.29 is 4.79 Å². The van der Waals surface area contributed by atoms with Crippen LogP contribution in [0.4, 0.5) is 5.69 Å². The molecule has 2 heterocycles. The van der Waals surface area contributed by atoms with Crippen LogP contribution >= 0.6 is 0 Å². The molecule has 0 saturated carbocycles. The largest absolute Gasteiger partial charge is 0.372 e. The fraction of sp³-hybridized carbons (Fsp3) is 0.391. The van der Waals surface area contributed by atoms with E-state index >= 15 is 0 Å². The summed E-state index contributed by atoms with van der Waals surface area (Å²) < 4.78 is 0. The number of nitrogens with zero attached hydrogens (tertiary/aromatic N) is 4. The SMILES string of the molecule is CCN(CC)c1ccnc(C(=O)N2CCN(C/C=C/c3ccccc3)CC2)c1. The Bertz CT molecular complexity index is 778. The van der Waals surface area contributed by atoms with E-state index in [0.717, 1.165) is 51.5 Å². The molecule has 3 rings (SSSR count). The lowest BCUT2D eigenvalue weighted by Gasteiger charge is -2.34. The Morgan fingerprint density at radius 1 is 1.07 bits per heavy atom. The summed E-state index contributed by atoms with van der Waals surface area (Å²) in [5, 5.41) is 0. The molecule has 1 aliphatic heterocycles. The summed E-state index contributed by atoms with van der Waals surface area (Å²) in [6, 6.07) is 14.2. The lowest BCUT2D eigenvalue weighted by molar-refractivity contribution is 0.0644. The van der Waals surface area contributed by atoms with Crippen LogP contribution in [0.1, 0.15) is 29.9 Å². The molecule has 0 atom stereocenters.